The summed E-state index contributed by atoms with van der Waals surface area (Å²) in [6.07, 6.45) is 0. The van der Waals surface area contributed by atoms with Crippen LogP contribution in [0.1, 0.15) is 22.7 Å². The molecular weight excluding hydrogens is 423 g/mol. The Hall–Kier alpha value is -3.39. The van der Waals surface area contributed by atoms with Gasteiger partial charge in [-0.15, -0.1) is 0 Å². The number of methoxy groups -OCH3 is 1. The highest BCUT2D eigenvalue weighted by Gasteiger charge is 2.34. The van der Waals surface area contributed by atoms with Crippen LogP contribution >= 0.6 is 0 Å². The summed E-state index contributed by atoms with van der Waals surface area (Å²) in [4.78, 5) is 29.7. The summed E-state index contributed by atoms with van der Waals surface area (Å²) in [7, 11) is 1.30. The average Bonchev–Trinajstić information content (AvgIpc) is 2.81. The number of esters is 1. The van der Waals surface area contributed by atoms with Crippen LogP contribution in [0.5, 0.6) is 0 Å². The largest absolute Gasteiger partial charge is 0.466 e. The van der Waals surface area contributed by atoms with Gasteiger partial charge in [0.25, 0.3) is 0 Å². The lowest BCUT2D eigenvalue weighted by molar-refractivity contribution is -0.136. The maximum atomic E-state index is 13.9. The average molecular weight is 453 g/mol. The number of urea groups is 1. The number of carbonyl (C=O) groups excluding carboxylic acids is 2. The van der Waals surface area contributed by atoms with Crippen molar-refractivity contribution in [2.75, 3.05) is 44.7 Å². The normalized spacial score (nSPS) is 19.2. The third kappa shape index (κ3) is 4.85. The lowest BCUT2D eigenvalue weighted by Gasteiger charge is -2.38. The first-order chi connectivity index (χ1) is 15.9. The van der Waals surface area contributed by atoms with Gasteiger partial charge in [0.2, 0.25) is 0 Å². The molecule has 4 rings (SSSR count). The molecule has 8 heteroatoms. The number of carbonyl (C=O) groups is 2. The Labute approximate surface area is 193 Å². The van der Waals surface area contributed by atoms with Gasteiger partial charge in [-0.05, 0) is 48.7 Å². The van der Waals surface area contributed by atoms with E-state index >= 15 is 0 Å². The Morgan fingerprint density at radius 1 is 1.12 bits per heavy atom. The monoisotopic (exact) mass is 452 g/mol. The molecule has 0 saturated carbocycles. The fourth-order valence-corrected chi connectivity index (χ4v) is 4.48. The third-order valence-corrected chi connectivity index (χ3v) is 6.41. The van der Waals surface area contributed by atoms with Gasteiger partial charge in [0.05, 0.1) is 18.7 Å². The van der Waals surface area contributed by atoms with Crippen molar-refractivity contribution in [3.05, 3.63) is 76.2 Å². The summed E-state index contributed by atoms with van der Waals surface area (Å²) < 4.78 is 18.9. The number of hydrogen-bond donors (Lipinski definition) is 2. The second kappa shape index (κ2) is 9.62. The Morgan fingerprint density at radius 3 is 2.55 bits per heavy atom. The van der Waals surface area contributed by atoms with Crippen molar-refractivity contribution in [3.63, 3.8) is 0 Å². The fraction of sp³-hybridized carbons (Fsp3) is 0.360. The van der Waals surface area contributed by atoms with E-state index in [2.05, 4.69) is 52.5 Å². The number of amides is 2. The lowest BCUT2D eigenvalue weighted by atomic mass is 9.95. The predicted molar refractivity (Wildman–Crippen MR) is 124 cm³/mol. The van der Waals surface area contributed by atoms with Crippen LogP contribution in [-0.2, 0) is 9.53 Å². The number of aryl methyl sites for hydroxylation is 1. The zero-order valence-corrected chi connectivity index (χ0v) is 19.2. The predicted octanol–water partition coefficient (Wildman–Crippen LogP) is 3.05. The molecule has 2 aliphatic heterocycles. The van der Waals surface area contributed by atoms with Gasteiger partial charge in [-0.1, -0.05) is 24.3 Å². The molecule has 2 heterocycles. The van der Waals surface area contributed by atoms with E-state index in [4.69, 9.17) is 4.74 Å². The number of ether oxygens (including phenoxy) is 1. The van der Waals surface area contributed by atoms with Crippen molar-refractivity contribution >= 4 is 17.7 Å². The number of halogens is 1. The van der Waals surface area contributed by atoms with E-state index in [1.807, 2.05) is 0 Å². The highest BCUT2D eigenvalue weighted by Crippen LogP contribution is 2.29. The van der Waals surface area contributed by atoms with Gasteiger partial charge >= 0.3 is 12.0 Å². The van der Waals surface area contributed by atoms with Gasteiger partial charge in [0, 0.05) is 44.1 Å². The van der Waals surface area contributed by atoms with E-state index in [1.54, 1.807) is 12.1 Å². The Balaban J connectivity index is 1.55. The van der Waals surface area contributed by atoms with Crippen LogP contribution in [0.25, 0.3) is 0 Å². The minimum atomic E-state index is -0.784. The molecular formula is C25H29FN4O3. The molecule has 1 unspecified atom stereocenters. The standard InChI is InChI=1S/C25H29FN4O3/c1-16-6-4-9-21(17(16)2)30-12-10-29(11-13-30)15-20-22(24(31)33-3)23(28-25(32)27-20)18-7-5-8-19(26)14-18/h4-9,14,23H,10-13,15H2,1-3H3,(H2,27,28,32). The van der Waals surface area contributed by atoms with Gasteiger partial charge in [-0.25, -0.2) is 14.0 Å². The Morgan fingerprint density at radius 2 is 1.85 bits per heavy atom. The maximum absolute atomic E-state index is 13.9. The zero-order chi connectivity index (χ0) is 23.5. The van der Waals surface area contributed by atoms with Gasteiger partial charge in [-0.3, -0.25) is 4.90 Å². The second-order valence-corrected chi connectivity index (χ2v) is 8.45. The quantitative estimate of drug-likeness (QED) is 0.683. The van der Waals surface area contributed by atoms with Crippen molar-refractivity contribution in [2.24, 2.45) is 0 Å². The van der Waals surface area contributed by atoms with Crippen LogP contribution in [-0.4, -0.2) is 56.7 Å². The molecule has 2 N–H and O–H groups in total. The molecule has 0 bridgehead atoms. The van der Waals surface area contributed by atoms with Crippen LogP contribution in [0.4, 0.5) is 14.9 Å². The topological polar surface area (TPSA) is 73.9 Å². The molecule has 0 spiro atoms. The van der Waals surface area contributed by atoms with Crippen LogP contribution < -0.4 is 15.5 Å². The summed E-state index contributed by atoms with van der Waals surface area (Å²) in [6.45, 7) is 7.88. The van der Waals surface area contributed by atoms with Gasteiger partial charge in [-0.2, -0.15) is 0 Å². The van der Waals surface area contributed by atoms with E-state index in [0.717, 1.165) is 26.2 Å². The number of hydrogen-bond acceptors (Lipinski definition) is 5. The molecule has 1 saturated heterocycles. The lowest BCUT2D eigenvalue weighted by Crippen LogP contribution is -2.51. The van der Waals surface area contributed by atoms with Crippen LogP contribution in [0.3, 0.4) is 0 Å². The minimum Gasteiger partial charge on any atom is -0.466 e. The number of anilines is 1. The number of nitrogens with zero attached hydrogens (tertiary/aromatic N) is 2. The molecule has 2 aromatic rings. The van der Waals surface area contributed by atoms with Crippen molar-refractivity contribution in [1.29, 1.82) is 0 Å². The summed E-state index contributed by atoms with van der Waals surface area (Å²) in [5.74, 6) is -0.991. The van der Waals surface area contributed by atoms with Crippen LogP contribution in [0, 0.1) is 19.7 Å². The third-order valence-electron chi connectivity index (χ3n) is 6.41. The first-order valence-electron chi connectivity index (χ1n) is 11.0. The molecule has 0 aliphatic carbocycles. The molecule has 2 aliphatic rings. The van der Waals surface area contributed by atoms with E-state index in [-0.39, 0.29) is 0 Å². The van der Waals surface area contributed by atoms with E-state index in [9.17, 15) is 14.0 Å². The van der Waals surface area contributed by atoms with Gasteiger partial charge in [0.15, 0.2) is 0 Å². The number of rotatable bonds is 5. The van der Waals surface area contributed by atoms with Gasteiger partial charge in [0.1, 0.15) is 5.82 Å². The summed E-state index contributed by atoms with van der Waals surface area (Å²) in [5.41, 5.74) is 5.06. The Bertz CT molecular complexity index is 1090. The number of benzene rings is 2. The van der Waals surface area contributed by atoms with Crippen molar-refractivity contribution in [3.8, 4) is 0 Å². The fourth-order valence-electron chi connectivity index (χ4n) is 4.48. The molecule has 174 valence electrons. The first kappa shape index (κ1) is 22.8. The Kier molecular flexibility index (Phi) is 6.65. The molecule has 7 nitrogen and oxygen atoms in total. The minimum absolute atomic E-state index is 0.291. The highest BCUT2D eigenvalue weighted by atomic mass is 19.1. The number of piperazine rings is 1. The van der Waals surface area contributed by atoms with Gasteiger partial charge < -0.3 is 20.3 Å². The first-order valence-corrected chi connectivity index (χ1v) is 11.0. The SMILES string of the molecule is COC(=O)C1=C(CN2CCN(c3cccc(C)c3C)CC2)NC(=O)NC1c1cccc(F)c1. The molecule has 2 aromatic carbocycles. The molecule has 1 atom stereocenters. The van der Waals surface area contributed by atoms with Crippen molar-refractivity contribution in [2.45, 2.75) is 19.9 Å². The summed E-state index contributed by atoms with van der Waals surface area (Å²) in [5, 5.41) is 5.51. The zero-order valence-electron chi connectivity index (χ0n) is 19.2. The van der Waals surface area contributed by atoms with E-state index < -0.39 is 23.9 Å². The smallest absolute Gasteiger partial charge is 0.338 e. The van der Waals surface area contributed by atoms with Crippen molar-refractivity contribution in [1.82, 2.24) is 15.5 Å². The number of nitrogens with one attached hydrogen (secondary N) is 2. The summed E-state index contributed by atoms with van der Waals surface area (Å²) >= 11 is 0. The summed E-state index contributed by atoms with van der Waals surface area (Å²) in [6, 6.07) is 11.0. The second-order valence-electron chi connectivity index (χ2n) is 8.45. The van der Waals surface area contributed by atoms with Crippen LogP contribution in [0.2, 0.25) is 0 Å². The maximum Gasteiger partial charge on any atom is 0.338 e. The van der Waals surface area contributed by atoms with Crippen molar-refractivity contribution < 1.29 is 18.7 Å². The van der Waals surface area contributed by atoms with Crippen LogP contribution in [0.15, 0.2) is 53.7 Å². The molecule has 1 fully saturated rings. The molecule has 33 heavy (non-hydrogen) atoms. The molecule has 0 radical (unpaired) electrons. The molecule has 0 aromatic heterocycles. The van der Waals surface area contributed by atoms with E-state index in [0.29, 0.717) is 23.4 Å². The highest BCUT2D eigenvalue weighted by molar-refractivity contribution is 5.95. The van der Waals surface area contributed by atoms with E-state index in [1.165, 1.54) is 36.1 Å². The molecule has 2 amide bonds.